The third kappa shape index (κ3) is 3.09. The van der Waals surface area contributed by atoms with Crippen molar-refractivity contribution in [2.75, 3.05) is 32.9 Å². The van der Waals surface area contributed by atoms with Crippen molar-refractivity contribution in [3.8, 4) is 0 Å². The van der Waals surface area contributed by atoms with Gasteiger partial charge in [0.2, 0.25) is 0 Å². The van der Waals surface area contributed by atoms with Crippen LogP contribution in [0.15, 0.2) is 30.3 Å². The minimum atomic E-state index is -0.310. The van der Waals surface area contributed by atoms with Crippen molar-refractivity contribution in [2.45, 2.75) is 13.0 Å². The molecule has 0 aromatic heterocycles. The normalized spacial score (nSPS) is 18.3. The summed E-state index contributed by atoms with van der Waals surface area (Å²) in [6, 6.07) is 9.47. The number of carbonyl (C=O) groups is 1. The molecule has 0 bridgehead atoms. The van der Waals surface area contributed by atoms with Gasteiger partial charge >= 0.3 is 5.97 Å². The predicted octanol–water partition coefficient (Wildman–Crippen LogP) is 1.62. The molecular weight excluding hydrogens is 230 g/mol. The maximum Gasteiger partial charge on any atom is 0.328 e. The van der Waals surface area contributed by atoms with E-state index in [1.165, 1.54) is 0 Å². The highest BCUT2D eigenvalue weighted by atomic mass is 16.5. The van der Waals surface area contributed by atoms with E-state index < -0.39 is 0 Å². The third-order valence-corrected chi connectivity index (χ3v) is 3.04. The van der Waals surface area contributed by atoms with Crippen LogP contribution in [0.5, 0.6) is 0 Å². The van der Waals surface area contributed by atoms with Gasteiger partial charge in [-0.3, -0.25) is 4.90 Å². The fourth-order valence-corrected chi connectivity index (χ4v) is 2.19. The van der Waals surface area contributed by atoms with Crippen LogP contribution in [0.1, 0.15) is 18.5 Å². The van der Waals surface area contributed by atoms with Crippen LogP contribution < -0.4 is 0 Å². The number of esters is 1. The quantitative estimate of drug-likeness (QED) is 0.760. The summed E-state index contributed by atoms with van der Waals surface area (Å²) in [6.45, 7) is 5.11. The molecule has 0 unspecified atom stereocenters. The van der Waals surface area contributed by atoms with E-state index in [1.807, 2.05) is 37.3 Å². The van der Waals surface area contributed by atoms with Crippen molar-refractivity contribution < 1.29 is 14.3 Å². The molecule has 1 heterocycles. The van der Waals surface area contributed by atoms with Crippen molar-refractivity contribution in [3.63, 3.8) is 0 Å². The molecule has 18 heavy (non-hydrogen) atoms. The second-order valence-corrected chi connectivity index (χ2v) is 4.21. The Labute approximate surface area is 107 Å². The third-order valence-electron chi connectivity index (χ3n) is 3.04. The van der Waals surface area contributed by atoms with Crippen molar-refractivity contribution >= 4 is 5.97 Å². The Morgan fingerprint density at radius 3 is 2.61 bits per heavy atom. The fraction of sp³-hybridized carbons (Fsp3) is 0.500. The maximum absolute atomic E-state index is 12.1. The van der Waals surface area contributed by atoms with Gasteiger partial charge in [-0.1, -0.05) is 30.3 Å². The molecule has 1 aliphatic rings. The largest absolute Gasteiger partial charge is 0.465 e. The van der Waals surface area contributed by atoms with E-state index in [9.17, 15) is 4.79 Å². The Hall–Kier alpha value is -1.39. The average Bonchev–Trinajstić information content (AvgIpc) is 2.42. The molecule has 1 aliphatic heterocycles. The number of nitrogens with zero attached hydrogens (tertiary/aromatic N) is 1. The van der Waals surface area contributed by atoms with Crippen LogP contribution in [0.4, 0.5) is 0 Å². The van der Waals surface area contributed by atoms with Crippen molar-refractivity contribution in [3.05, 3.63) is 35.9 Å². The Bertz CT molecular complexity index is 374. The van der Waals surface area contributed by atoms with E-state index in [1.54, 1.807) is 0 Å². The van der Waals surface area contributed by atoms with Gasteiger partial charge in [0.15, 0.2) is 0 Å². The van der Waals surface area contributed by atoms with Gasteiger partial charge in [0.1, 0.15) is 6.04 Å². The number of ether oxygens (including phenoxy) is 2. The number of hydrogen-bond acceptors (Lipinski definition) is 4. The zero-order valence-electron chi connectivity index (χ0n) is 10.7. The molecule has 2 rings (SSSR count). The van der Waals surface area contributed by atoms with Gasteiger partial charge in [-0.25, -0.2) is 4.79 Å². The van der Waals surface area contributed by atoms with Crippen LogP contribution in [-0.2, 0) is 14.3 Å². The maximum atomic E-state index is 12.1. The topological polar surface area (TPSA) is 38.8 Å². The van der Waals surface area contributed by atoms with Crippen LogP contribution in [0.2, 0.25) is 0 Å². The summed E-state index contributed by atoms with van der Waals surface area (Å²) in [5, 5.41) is 0. The SMILES string of the molecule is CCOC(=O)[C@H](c1ccccc1)N1CCOCC1. The first kappa shape index (κ1) is 13.1. The molecule has 0 spiro atoms. The van der Waals surface area contributed by atoms with Crippen molar-refractivity contribution in [1.29, 1.82) is 0 Å². The van der Waals surface area contributed by atoms with Gasteiger partial charge in [-0.2, -0.15) is 0 Å². The molecule has 1 saturated heterocycles. The number of hydrogen-bond donors (Lipinski definition) is 0. The molecule has 0 saturated carbocycles. The van der Waals surface area contributed by atoms with Crippen LogP contribution >= 0.6 is 0 Å². The summed E-state index contributed by atoms with van der Waals surface area (Å²) in [5.41, 5.74) is 0.984. The predicted molar refractivity (Wildman–Crippen MR) is 68.2 cm³/mol. The van der Waals surface area contributed by atoms with Gasteiger partial charge in [-0.15, -0.1) is 0 Å². The number of morpholine rings is 1. The fourth-order valence-electron chi connectivity index (χ4n) is 2.19. The summed E-state index contributed by atoms with van der Waals surface area (Å²) in [7, 11) is 0. The molecule has 1 fully saturated rings. The lowest BCUT2D eigenvalue weighted by Crippen LogP contribution is -2.42. The summed E-state index contributed by atoms with van der Waals surface area (Å²) >= 11 is 0. The summed E-state index contributed by atoms with van der Waals surface area (Å²) in [4.78, 5) is 14.3. The first-order chi connectivity index (χ1) is 8.83. The highest BCUT2D eigenvalue weighted by Crippen LogP contribution is 2.23. The minimum absolute atomic E-state index is 0.175. The van der Waals surface area contributed by atoms with Gasteiger partial charge in [0.25, 0.3) is 0 Å². The zero-order valence-corrected chi connectivity index (χ0v) is 10.7. The van der Waals surface area contributed by atoms with Crippen LogP contribution in [0.25, 0.3) is 0 Å². The first-order valence-electron chi connectivity index (χ1n) is 6.36. The molecule has 1 aromatic rings. The van der Waals surface area contributed by atoms with E-state index in [-0.39, 0.29) is 12.0 Å². The number of carbonyl (C=O) groups excluding carboxylic acids is 1. The zero-order chi connectivity index (χ0) is 12.8. The Balaban J connectivity index is 2.19. The Kier molecular flexibility index (Phi) is 4.73. The molecule has 0 N–H and O–H groups in total. The molecule has 98 valence electrons. The number of rotatable bonds is 4. The average molecular weight is 249 g/mol. The first-order valence-corrected chi connectivity index (χ1v) is 6.36. The van der Waals surface area contributed by atoms with Crippen molar-refractivity contribution in [1.82, 2.24) is 4.90 Å². The van der Waals surface area contributed by atoms with E-state index in [4.69, 9.17) is 9.47 Å². The van der Waals surface area contributed by atoms with Gasteiger partial charge in [0.05, 0.1) is 19.8 Å². The molecular formula is C14H19NO3. The summed E-state index contributed by atoms with van der Waals surface area (Å²) < 4.78 is 10.5. The van der Waals surface area contributed by atoms with Crippen LogP contribution in [0, 0.1) is 0 Å². The van der Waals surface area contributed by atoms with Gasteiger partial charge in [-0.05, 0) is 12.5 Å². The van der Waals surface area contributed by atoms with E-state index in [0.717, 1.165) is 18.7 Å². The second-order valence-electron chi connectivity index (χ2n) is 4.21. The van der Waals surface area contributed by atoms with E-state index in [0.29, 0.717) is 19.8 Å². The molecule has 4 heteroatoms. The molecule has 1 aromatic carbocycles. The highest BCUT2D eigenvalue weighted by Gasteiger charge is 2.29. The van der Waals surface area contributed by atoms with Gasteiger partial charge < -0.3 is 9.47 Å². The molecule has 1 atom stereocenters. The van der Waals surface area contributed by atoms with Gasteiger partial charge in [0, 0.05) is 13.1 Å². The molecule has 0 aliphatic carbocycles. The molecule has 0 amide bonds. The molecule has 0 radical (unpaired) electrons. The van der Waals surface area contributed by atoms with Crippen LogP contribution in [0.3, 0.4) is 0 Å². The highest BCUT2D eigenvalue weighted by molar-refractivity contribution is 5.77. The monoisotopic (exact) mass is 249 g/mol. The van der Waals surface area contributed by atoms with Crippen LogP contribution in [-0.4, -0.2) is 43.8 Å². The Morgan fingerprint density at radius 1 is 1.33 bits per heavy atom. The lowest BCUT2D eigenvalue weighted by Gasteiger charge is -2.33. The lowest BCUT2D eigenvalue weighted by atomic mass is 10.1. The van der Waals surface area contributed by atoms with E-state index in [2.05, 4.69) is 4.90 Å². The summed E-state index contributed by atoms with van der Waals surface area (Å²) in [6.07, 6.45) is 0. The summed E-state index contributed by atoms with van der Waals surface area (Å²) in [5.74, 6) is -0.175. The standard InChI is InChI=1S/C14H19NO3/c1-2-18-14(16)13(12-6-4-3-5-7-12)15-8-10-17-11-9-15/h3-7,13H,2,8-11H2,1H3/t13-/m0/s1. The smallest absolute Gasteiger partial charge is 0.328 e. The van der Waals surface area contributed by atoms with Crippen molar-refractivity contribution in [2.24, 2.45) is 0 Å². The lowest BCUT2D eigenvalue weighted by molar-refractivity contribution is -0.151. The Morgan fingerprint density at radius 2 is 2.00 bits per heavy atom. The molecule has 4 nitrogen and oxygen atoms in total. The second kappa shape index (κ2) is 6.52. The number of benzene rings is 1. The minimum Gasteiger partial charge on any atom is -0.465 e. The van der Waals surface area contributed by atoms with E-state index >= 15 is 0 Å².